The minimum atomic E-state index is -0.671. The van der Waals surface area contributed by atoms with Gasteiger partial charge in [-0.1, -0.05) is 6.07 Å². The molecule has 1 unspecified atom stereocenters. The number of thiophene rings is 1. The van der Waals surface area contributed by atoms with Crippen LogP contribution in [-0.2, 0) is 0 Å². The van der Waals surface area contributed by atoms with Gasteiger partial charge < -0.3 is 15.7 Å². The maximum absolute atomic E-state index is 11.4. The Morgan fingerprint density at radius 3 is 2.33 bits per heavy atom. The number of hydrogen-bond donors (Lipinski definition) is 3. The lowest BCUT2D eigenvalue weighted by atomic mass is 10.1. The standard InChI is InChI=1S/C13H9Br2N3O2S/c14-6-4-9(21-11(6)15)10(16)5-1-2-7-8(3-5)18-13(20)12(19)17-7/h1-4,10H,16H2,(H,17,19)(H,18,20). The average Bonchev–Trinajstić information content (AvgIpc) is 2.79. The number of halogens is 2. The van der Waals surface area contributed by atoms with Crippen LogP contribution in [0.5, 0.6) is 0 Å². The molecule has 3 aromatic rings. The predicted octanol–water partition coefficient (Wildman–Crippen LogP) is 2.85. The van der Waals surface area contributed by atoms with Gasteiger partial charge in [-0.2, -0.15) is 0 Å². The molecule has 0 amide bonds. The first-order valence-corrected chi connectivity index (χ1v) is 8.32. The van der Waals surface area contributed by atoms with Crippen LogP contribution in [0.25, 0.3) is 11.0 Å². The number of nitrogens with two attached hydrogens (primary N) is 1. The zero-order valence-corrected chi connectivity index (χ0v) is 14.4. The highest BCUT2D eigenvalue weighted by molar-refractivity contribution is 9.13. The van der Waals surface area contributed by atoms with Crippen LogP contribution in [0.1, 0.15) is 16.5 Å². The van der Waals surface area contributed by atoms with Crippen molar-refractivity contribution in [2.75, 3.05) is 0 Å². The number of fused-ring (bicyclic) bond motifs is 1. The van der Waals surface area contributed by atoms with Crippen LogP contribution >= 0.6 is 43.2 Å². The van der Waals surface area contributed by atoms with Gasteiger partial charge in [0.1, 0.15) is 0 Å². The molecular weight excluding hydrogens is 422 g/mol. The molecule has 4 N–H and O–H groups in total. The van der Waals surface area contributed by atoms with Gasteiger partial charge >= 0.3 is 11.1 Å². The van der Waals surface area contributed by atoms with Gasteiger partial charge in [0.2, 0.25) is 0 Å². The zero-order chi connectivity index (χ0) is 15.1. The van der Waals surface area contributed by atoms with E-state index in [9.17, 15) is 9.59 Å². The van der Waals surface area contributed by atoms with Crippen molar-refractivity contribution in [1.29, 1.82) is 0 Å². The minimum absolute atomic E-state index is 0.308. The first kappa shape index (κ1) is 14.7. The topological polar surface area (TPSA) is 91.7 Å². The SMILES string of the molecule is NC(c1ccc2[nH]c(=O)c(=O)[nH]c2c1)c1cc(Br)c(Br)s1. The van der Waals surface area contributed by atoms with Crippen molar-refractivity contribution in [3.05, 3.63) is 63.7 Å². The van der Waals surface area contributed by atoms with Gasteiger partial charge in [0.25, 0.3) is 0 Å². The van der Waals surface area contributed by atoms with Crippen LogP contribution in [0.15, 0.2) is 42.1 Å². The molecule has 0 aliphatic carbocycles. The number of benzene rings is 1. The van der Waals surface area contributed by atoms with E-state index >= 15 is 0 Å². The molecule has 0 aliphatic rings. The van der Waals surface area contributed by atoms with E-state index in [1.807, 2.05) is 12.1 Å². The highest BCUT2D eigenvalue weighted by atomic mass is 79.9. The van der Waals surface area contributed by atoms with Gasteiger partial charge in [0.15, 0.2) is 0 Å². The molecule has 0 spiro atoms. The molecule has 2 aromatic heterocycles. The molecule has 0 saturated heterocycles. The van der Waals surface area contributed by atoms with Crippen molar-refractivity contribution in [3.8, 4) is 0 Å². The maximum atomic E-state index is 11.4. The third-order valence-electron chi connectivity index (χ3n) is 3.08. The summed E-state index contributed by atoms with van der Waals surface area (Å²) in [7, 11) is 0. The highest BCUT2D eigenvalue weighted by Crippen LogP contribution is 2.36. The second-order valence-electron chi connectivity index (χ2n) is 4.46. The van der Waals surface area contributed by atoms with Crippen molar-refractivity contribution in [2.24, 2.45) is 5.73 Å². The fourth-order valence-electron chi connectivity index (χ4n) is 2.01. The van der Waals surface area contributed by atoms with Crippen LogP contribution in [0.4, 0.5) is 0 Å². The van der Waals surface area contributed by atoms with E-state index in [0.29, 0.717) is 11.0 Å². The van der Waals surface area contributed by atoms with E-state index in [-0.39, 0.29) is 6.04 Å². The monoisotopic (exact) mass is 429 g/mol. The summed E-state index contributed by atoms with van der Waals surface area (Å²) in [5, 5.41) is 0. The van der Waals surface area contributed by atoms with Crippen LogP contribution in [0, 0.1) is 0 Å². The second kappa shape index (κ2) is 5.53. The van der Waals surface area contributed by atoms with Crippen LogP contribution in [-0.4, -0.2) is 9.97 Å². The number of H-pyrrole nitrogens is 2. The minimum Gasteiger partial charge on any atom is -0.320 e. The Hall–Kier alpha value is -1.22. The van der Waals surface area contributed by atoms with Crippen LogP contribution in [0.3, 0.4) is 0 Å². The Bertz CT molecular complexity index is 925. The van der Waals surface area contributed by atoms with Crippen molar-refractivity contribution in [3.63, 3.8) is 0 Å². The largest absolute Gasteiger partial charge is 0.320 e. The molecule has 2 heterocycles. The van der Waals surface area contributed by atoms with Gasteiger partial charge in [-0.3, -0.25) is 9.59 Å². The summed E-state index contributed by atoms with van der Waals surface area (Å²) in [5.74, 6) is 0. The molecular formula is C13H9Br2N3O2S. The molecule has 3 rings (SSSR count). The van der Waals surface area contributed by atoms with E-state index in [0.717, 1.165) is 18.7 Å². The first-order valence-electron chi connectivity index (χ1n) is 5.92. The summed E-state index contributed by atoms with van der Waals surface area (Å²) >= 11 is 8.42. The number of rotatable bonds is 2. The lowest BCUT2D eigenvalue weighted by Gasteiger charge is -2.10. The van der Waals surface area contributed by atoms with E-state index in [2.05, 4.69) is 41.8 Å². The lowest BCUT2D eigenvalue weighted by molar-refractivity contribution is 0.894. The molecule has 0 aliphatic heterocycles. The number of hydrogen-bond acceptors (Lipinski definition) is 4. The van der Waals surface area contributed by atoms with Crippen molar-refractivity contribution in [1.82, 2.24) is 9.97 Å². The fraction of sp³-hybridized carbons (Fsp3) is 0.0769. The molecule has 1 aromatic carbocycles. The zero-order valence-electron chi connectivity index (χ0n) is 10.4. The summed E-state index contributed by atoms with van der Waals surface area (Å²) < 4.78 is 1.93. The summed E-state index contributed by atoms with van der Waals surface area (Å²) in [6.07, 6.45) is 0. The van der Waals surface area contributed by atoms with Crippen molar-refractivity contribution in [2.45, 2.75) is 6.04 Å². The Kier molecular flexibility index (Phi) is 3.87. The summed E-state index contributed by atoms with van der Waals surface area (Å²) in [6.45, 7) is 0. The van der Waals surface area contributed by atoms with E-state index in [1.165, 1.54) is 0 Å². The van der Waals surface area contributed by atoms with Gasteiger partial charge in [0.05, 0.1) is 20.9 Å². The van der Waals surface area contributed by atoms with E-state index in [4.69, 9.17) is 5.73 Å². The smallest absolute Gasteiger partial charge is 0.314 e. The summed E-state index contributed by atoms with van der Waals surface area (Å²) in [4.78, 5) is 28.7. The molecule has 8 heteroatoms. The number of aromatic amines is 2. The van der Waals surface area contributed by atoms with E-state index in [1.54, 1.807) is 23.5 Å². The highest BCUT2D eigenvalue weighted by Gasteiger charge is 2.14. The van der Waals surface area contributed by atoms with Crippen LogP contribution in [0.2, 0.25) is 0 Å². The number of aromatic nitrogens is 2. The van der Waals surface area contributed by atoms with Gasteiger partial charge in [-0.05, 0) is 55.6 Å². The van der Waals surface area contributed by atoms with Gasteiger partial charge in [-0.15, -0.1) is 11.3 Å². The third-order valence-corrected chi connectivity index (χ3v) is 6.42. The lowest BCUT2D eigenvalue weighted by Crippen LogP contribution is -2.29. The van der Waals surface area contributed by atoms with Gasteiger partial charge in [-0.25, -0.2) is 0 Å². The number of nitrogens with one attached hydrogen (secondary N) is 2. The molecule has 0 fully saturated rings. The van der Waals surface area contributed by atoms with Crippen molar-refractivity contribution >= 4 is 54.2 Å². The summed E-state index contributed by atoms with van der Waals surface area (Å²) in [6, 6.07) is 7.00. The fourth-order valence-corrected chi connectivity index (χ4v) is 4.13. The predicted molar refractivity (Wildman–Crippen MR) is 90.9 cm³/mol. The maximum Gasteiger partial charge on any atom is 0.314 e. The Morgan fingerprint density at radius 1 is 1.05 bits per heavy atom. The Morgan fingerprint density at radius 2 is 1.71 bits per heavy atom. The molecule has 0 bridgehead atoms. The summed E-state index contributed by atoms with van der Waals surface area (Å²) in [5.41, 5.74) is 6.91. The Labute approximate surface area is 139 Å². The second-order valence-corrected chi connectivity index (χ2v) is 7.72. The quantitative estimate of drug-likeness (QED) is 0.546. The normalized spacial score (nSPS) is 12.7. The molecule has 1 atom stereocenters. The molecule has 21 heavy (non-hydrogen) atoms. The van der Waals surface area contributed by atoms with Gasteiger partial charge in [0, 0.05) is 9.35 Å². The first-order chi connectivity index (χ1) is 9.95. The molecule has 108 valence electrons. The third kappa shape index (κ3) is 2.76. The average molecular weight is 431 g/mol. The Balaban J connectivity index is 2.10. The molecule has 0 radical (unpaired) electrons. The van der Waals surface area contributed by atoms with Crippen molar-refractivity contribution < 1.29 is 0 Å². The van der Waals surface area contributed by atoms with E-state index < -0.39 is 11.1 Å². The van der Waals surface area contributed by atoms with Crippen LogP contribution < -0.4 is 16.9 Å². The molecule has 0 saturated carbocycles. The molecule has 5 nitrogen and oxygen atoms in total.